The number of halogens is 3. The number of hydrogen-bond donors (Lipinski definition) is 2. The number of pyridine rings is 1. The third-order valence-electron chi connectivity index (χ3n) is 3.74. The third kappa shape index (κ3) is 5.30. The highest BCUT2D eigenvalue weighted by Crippen LogP contribution is 2.31. The van der Waals surface area contributed by atoms with Gasteiger partial charge in [-0.2, -0.15) is 13.2 Å². The summed E-state index contributed by atoms with van der Waals surface area (Å²) in [6.07, 6.45) is -2.78. The minimum atomic E-state index is -4.38. The Morgan fingerprint density at radius 2 is 1.85 bits per heavy atom. The van der Waals surface area contributed by atoms with Crippen molar-refractivity contribution in [3.05, 3.63) is 53.7 Å². The number of aromatic nitrogens is 1. The van der Waals surface area contributed by atoms with Crippen molar-refractivity contribution >= 4 is 11.9 Å². The lowest BCUT2D eigenvalue weighted by Gasteiger charge is -2.10. The Hall–Kier alpha value is -2.90. The Bertz CT molecular complexity index is 785. The van der Waals surface area contributed by atoms with Crippen molar-refractivity contribution in [2.45, 2.75) is 25.4 Å². The van der Waals surface area contributed by atoms with Crippen LogP contribution < -0.4 is 5.32 Å². The van der Waals surface area contributed by atoms with Gasteiger partial charge in [0.15, 0.2) is 0 Å². The monoisotopic (exact) mass is 366 g/mol. The number of benzene rings is 1. The maximum Gasteiger partial charge on any atom is 0.416 e. The maximum atomic E-state index is 12.7. The number of nitrogens with one attached hydrogen (secondary N) is 1. The van der Waals surface area contributed by atoms with Crippen LogP contribution in [0, 0.1) is 0 Å². The summed E-state index contributed by atoms with van der Waals surface area (Å²) in [5.41, 5.74) is 1.18. The number of aliphatic carboxylic acids is 1. The van der Waals surface area contributed by atoms with E-state index in [9.17, 15) is 18.0 Å². The molecule has 0 radical (unpaired) electrons. The van der Waals surface area contributed by atoms with E-state index >= 15 is 0 Å². The fraction of sp³-hybridized carbons (Fsp3) is 0.278. The number of carbonyl (C=O) groups excluding carboxylic acids is 1. The van der Waals surface area contributed by atoms with Crippen molar-refractivity contribution in [3.63, 3.8) is 0 Å². The van der Waals surface area contributed by atoms with Crippen LogP contribution in [-0.2, 0) is 15.8 Å². The largest absolute Gasteiger partial charge is 0.481 e. The van der Waals surface area contributed by atoms with Crippen molar-refractivity contribution in [1.82, 2.24) is 10.3 Å². The van der Waals surface area contributed by atoms with Crippen molar-refractivity contribution in [3.8, 4) is 11.3 Å². The molecule has 1 aromatic carbocycles. The molecule has 1 aromatic heterocycles. The average molecular weight is 366 g/mol. The SMILES string of the molecule is CC(=O)O.O=C1CC(c2ccc(-c3cc(C(F)(F)F)ccn3)cc2)CN1. The zero-order valence-corrected chi connectivity index (χ0v) is 13.9. The van der Waals surface area contributed by atoms with Crippen LogP contribution in [0.25, 0.3) is 11.3 Å². The van der Waals surface area contributed by atoms with Crippen LogP contribution in [0.2, 0.25) is 0 Å². The maximum absolute atomic E-state index is 12.7. The van der Waals surface area contributed by atoms with Gasteiger partial charge in [0.1, 0.15) is 0 Å². The second kappa shape index (κ2) is 7.99. The molecule has 0 aliphatic carbocycles. The topological polar surface area (TPSA) is 79.3 Å². The number of nitrogens with zero attached hydrogens (tertiary/aromatic N) is 1. The predicted molar refractivity (Wildman–Crippen MR) is 88.4 cm³/mol. The van der Waals surface area contributed by atoms with E-state index in [-0.39, 0.29) is 17.5 Å². The minimum Gasteiger partial charge on any atom is -0.481 e. The highest BCUT2D eigenvalue weighted by Gasteiger charge is 2.30. The van der Waals surface area contributed by atoms with E-state index in [4.69, 9.17) is 9.90 Å². The van der Waals surface area contributed by atoms with Gasteiger partial charge in [-0.3, -0.25) is 14.6 Å². The fourth-order valence-electron chi connectivity index (χ4n) is 2.53. The van der Waals surface area contributed by atoms with Crippen LogP contribution in [0.15, 0.2) is 42.6 Å². The molecule has 138 valence electrons. The van der Waals surface area contributed by atoms with Crippen molar-refractivity contribution < 1.29 is 27.9 Å². The second-order valence-corrected chi connectivity index (χ2v) is 5.77. The van der Waals surface area contributed by atoms with Crippen LogP contribution in [0.1, 0.15) is 30.4 Å². The summed E-state index contributed by atoms with van der Waals surface area (Å²) in [4.78, 5) is 24.2. The van der Waals surface area contributed by atoms with Gasteiger partial charge in [-0.25, -0.2) is 0 Å². The molecule has 2 N–H and O–H groups in total. The summed E-state index contributed by atoms with van der Waals surface area (Å²) in [5.74, 6) is -0.690. The number of carbonyl (C=O) groups is 2. The summed E-state index contributed by atoms with van der Waals surface area (Å²) in [5, 5.41) is 10.2. The molecule has 2 aromatic rings. The number of rotatable bonds is 2. The highest BCUT2D eigenvalue weighted by atomic mass is 19.4. The van der Waals surface area contributed by atoms with E-state index in [0.29, 0.717) is 18.5 Å². The van der Waals surface area contributed by atoms with Gasteiger partial charge in [-0.15, -0.1) is 0 Å². The highest BCUT2D eigenvalue weighted by molar-refractivity contribution is 5.79. The quantitative estimate of drug-likeness (QED) is 0.853. The van der Waals surface area contributed by atoms with Crippen molar-refractivity contribution in [1.29, 1.82) is 0 Å². The van der Waals surface area contributed by atoms with Gasteiger partial charge in [-0.05, 0) is 17.7 Å². The fourth-order valence-corrected chi connectivity index (χ4v) is 2.53. The summed E-state index contributed by atoms with van der Waals surface area (Å²) >= 11 is 0. The molecular formula is C18H17F3N2O3. The summed E-state index contributed by atoms with van der Waals surface area (Å²) < 4.78 is 38.2. The molecule has 8 heteroatoms. The molecule has 1 aliphatic heterocycles. The first-order chi connectivity index (χ1) is 12.2. The zero-order valence-electron chi connectivity index (χ0n) is 13.9. The average Bonchev–Trinajstić information content (AvgIpc) is 3.00. The molecule has 1 atom stereocenters. The Morgan fingerprint density at radius 3 is 2.35 bits per heavy atom. The lowest BCUT2D eigenvalue weighted by Crippen LogP contribution is -2.13. The molecule has 2 heterocycles. The van der Waals surface area contributed by atoms with Gasteiger partial charge in [-0.1, -0.05) is 24.3 Å². The minimum absolute atomic E-state index is 0.0219. The number of carboxylic acids is 1. The van der Waals surface area contributed by atoms with Gasteiger partial charge < -0.3 is 10.4 Å². The van der Waals surface area contributed by atoms with Gasteiger partial charge in [0.05, 0.1) is 11.3 Å². The number of amides is 1. The Kier molecular flexibility index (Phi) is 5.97. The van der Waals surface area contributed by atoms with E-state index < -0.39 is 17.7 Å². The smallest absolute Gasteiger partial charge is 0.416 e. The number of alkyl halides is 3. The van der Waals surface area contributed by atoms with Crippen LogP contribution in [0.3, 0.4) is 0 Å². The van der Waals surface area contributed by atoms with Crippen molar-refractivity contribution in [2.75, 3.05) is 6.54 Å². The van der Waals surface area contributed by atoms with Crippen LogP contribution in [-0.4, -0.2) is 28.5 Å². The normalized spacial score (nSPS) is 16.5. The summed E-state index contributed by atoms with van der Waals surface area (Å²) in [6, 6.07) is 9.13. The Balaban J connectivity index is 0.000000552. The lowest BCUT2D eigenvalue weighted by atomic mass is 9.96. The molecule has 5 nitrogen and oxygen atoms in total. The predicted octanol–water partition coefficient (Wildman–Crippen LogP) is 3.46. The molecule has 1 fully saturated rings. The Morgan fingerprint density at radius 1 is 1.23 bits per heavy atom. The van der Waals surface area contributed by atoms with E-state index in [0.717, 1.165) is 30.8 Å². The molecule has 0 saturated carbocycles. The molecule has 3 rings (SSSR count). The molecule has 1 saturated heterocycles. The van der Waals surface area contributed by atoms with Crippen LogP contribution >= 0.6 is 0 Å². The standard InChI is InChI=1S/C16H13F3N2O.C2H4O2/c17-16(18,19)13-5-6-20-14(8-13)11-3-1-10(2-4-11)12-7-15(22)21-9-12;1-2(3)4/h1-6,8,12H,7,9H2,(H,21,22);1H3,(H,3,4). The first-order valence-electron chi connectivity index (χ1n) is 7.76. The molecule has 1 amide bonds. The summed E-state index contributed by atoms with van der Waals surface area (Å²) in [6.45, 7) is 1.68. The lowest BCUT2D eigenvalue weighted by molar-refractivity contribution is -0.137. The van der Waals surface area contributed by atoms with Gasteiger partial charge >= 0.3 is 6.18 Å². The van der Waals surface area contributed by atoms with Crippen LogP contribution in [0.4, 0.5) is 13.2 Å². The van der Waals surface area contributed by atoms with Gasteiger partial charge in [0, 0.05) is 37.6 Å². The van der Waals surface area contributed by atoms with Gasteiger partial charge in [0.25, 0.3) is 5.97 Å². The first kappa shape index (κ1) is 19.4. The molecule has 26 heavy (non-hydrogen) atoms. The second-order valence-electron chi connectivity index (χ2n) is 5.77. The summed E-state index contributed by atoms with van der Waals surface area (Å²) in [7, 11) is 0. The molecule has 1 unspecified atom stereocenters. The zero-order chi connectivity index (χ0) is 19.3. The van der Waals surface area contributed by atoms with E-state index in [1.165, 1.54) is 0 Å². The van der Waals surface area contributed by atoms with Crippen LogP contribution in [0.5, 0.6) is 0 Å². The Labute approximate surface area is 147 Å². The molecule has 1 aliphatic rings. The molecular weight excluding hydrogens is 349 g/mol. The van der Waals surface area contributed by atoms with E-state index in [1.54, 1.807) is 12.1 Å². The molecule has 0 spiro atoms. The third-order valence-corrected chi connectivity index (χ3v) is 3.74. The van der Waals surface area contributed by atoms with E-state index in [1.807, 2.05) is 12.1 Å². The number of hydrogen-bond acceptors (Lipinski definition) is 3. The van der Waals surface area contributed by atoms with Crippen molar-refractivity contribution in [2.24, 2.45) is 0 Å². The van der Waals surface area contributed by atoms with Gasteiger partial charge in [0.2, 0.25) is 5.91 Å². The number of carboxylic acid groups (broad SMARTS) is 1. The molecule has 0 bridgehead atoms. The van der Waals surface area contributed by atoms with E-state index in [2.05, 4.69) is 10.3 Å². The first-order valence-corrected chi connectivity index (χ1v) is 7.76.